The number of amides is 1. The molecule has 3 aromatic carbocycles. The number of anilines is 1. The van der Waals surface area contributed by atoms with Crippen LogP contribution in [-0.4, -0.2) is 72.7 Å². The lowest BCUT2D eigenvalue weighted by atomic mass is 10.0. The minimum atomic E-state index is -1.23. The highest BCUT2D eigenvalue weighted by atomic mass is 16.5. The van der Waals surface area contributed by atoms with Gasteiger partial charge in [0.25, 0.3) is 5.91 Å². The van der Waals surface area contributed by atoms with Crippen LogP contribution in [0, 0.1) is 0 Å². The number of carbonyl (C=O) groups excluding carboxylic acids is 1. The summed E-state index contributed by atoms with van der Waals surface area (Å²) < 4.78 is 12.6. The number of ether oxygens (including phenoxy) is 2. The van der Waals surface area contributed by atoms with Gasteiger partial charge in [0.15, 0.2) is 34.7 Å². The van der Waals surface area contributed by atoms with Crippen molar-refractivity contribution < 1.29 is 29.6 Å². The first-order chi connectivity index (χ1) is 20.0. The highest BCUT2D eigenvalue weighted by Gasteiger charge is 2.46. The van der Waals surface area contributed by atoms with Crippen molar-refractivity contribution in [2.75, 3.05) is 19.0 Å². The zero-order valence-electron chi connectivity index (χ0n) is 22.0. The monoisotopic (exact) mass is 556 g/mol. The molecule has 1 amide bonds. The van der Waals surface area contributed by atoms with Gasteiger partial charge in [-0.15, -0.1) is 0 Å². The van der Waals surface area contributed by atoms with E-state index in [-0.39, 0.29) is 17.1 Å². The van der Waals surface area contributed by atoms with Crippen LogP contribution in [0.1, 0.15) is 22.1 Å². The summed E-state index contributed by atoms with van der Waals surface area (Å²) in [6.07, 6.45) is -0.238. The molecule has 0 spiro atoms. The first kappa shape index (κ1) is 26.4. The normalized spacial score (nSPS) is 20.4. The zero-order valence-corrected chi connectivity index (χ0v) is 22.0. The Morgan fingerprint density at radius 3 is 2.73 bits per heavy atom. The molecule has 1 saturated heterocycles. The number of carbonyl (C=O) groups is 1. The van der Waals surface area contributed by atoms with E-state index in [9.17, 15) is 20.1 Å². The number of phenolic OH excluding ortho intramolecular Hbond substituents is 1. The van der Waals surface area contributed by atoms with Gasteiger partial charge < -0.3 is 35.4 Å². The smallest absolute Gasteiger partial charge is 0.251 e. The second kappa shape index (κ2) is 11.0. The summed E-state index contributed by atoms with van der Waals surface area (Å²) in [5.74, 6) is -0.0312. The van der Waals surface area contributed by atoms with Gasteiger partial charge in [0.2, 0.25) is 0 Å². The first-order valence-electron chi connectivity index (χ1n) is 13.0. The summed E-state index contributed by atoms with van der Waals surface area (Å²) in [7, 11) is 1.41. The molecule has 0 aliphatic carbocycles. The van der Waals surface area contributed by atoms with E-state index in [4.69, 9.17) is 9.47 Å². The van der Waals surface area contributed by atoms with Crippen LogP contribution in [-0.2, 0) is 11.3 Å². The van der Waals surface area contributed by atoms with E-state index in [2.05, 4.69) is 43.8 Å². The summed E-state index contributed by atoms with van der Waals surface area (Å²) in [4.78, 5) is 26.4. The fourth-order valence-corrected chi connectivity index (χ4v) is 5.15. The summed E-state index contributed by atoms with van der Waals surface area (Å²) >= 11 is 0. The summed E-state index contributed by atoms with van der Waals surface area (Å²) in [6.45, 7) is 0.0335. The SMILES string of the molecule is COc1ccc(C(=O)N[C@@H]2[C@H](O)[C@@H](CO)O[C@H]2n2cnc3c(NCc4cccc5ccccc45)ncnc32)cc1O. The van der Waals surface area contributed by atoms with E-state index in [0.29, 0.717) is 23.5 Å². The molecular weight excluding hydrogens is 528 g/mol. The molecule has 0 saturated carbocycles. The number of hydrogen-bond acceptors (Lipinski definition) is 10. The van der Waals surface area contributed by atoms with Crippen LogP contribution in [0.3, 0.4) is 0 Å². The second-order valence-electron chi connectivity index (χ2n) is 9.66. The Morgan fingerprint density at radius 2 is 1.93 bits per heavy atom. The second-order valence-corrected chi connectivity index (χ2v) is 9.66. The number of nitrogens with one attached hydrogen (secondary N) is 2. The lowest BCUT2D eigenvalue weighted by Gasteiger charge is -2.23. The Hall–Kier alpha value is -4.78. The predicted molar refractivity (Wildman–Crippen MR) is 150 cm³/mol. The van der Waals surface area contributed by atoms with Crippen molar-refractivity contribution in [3.63, 3.8) is 0 Å². The average molecular weight is 557 g/mol. The van der Waals surface area contributed by atoms with Gasteiger partial charge in [-0.25, -0.2) is 15.0 Å². The fourth-order valence-electron chi connectivity index (χ4n) is 5.15. The van der Waals surface area contributed by atoms with E-state index in [1.165, 1.54) is 38.0 Å². The van der Waals surface area contributed by atoms with E-state index < -0.39 is 37.0 Å². The number of hydrogen-bond donors (Lipinski definition) is 5. The summed E-state index contributed by atoms with van der Waals surface area (Å²) in [5.41, 5.74) is 2.13. The molecule has 1 fully saturated rings. The topological polar surface area (TPSA) is 164 Å². The van der Waals surface area contributed by atoms with Crippen LogP contribution in [0.4, 0.5) is 5.82 Å². The van der Waals surface area contributed by atoms with E-state index >= 15 is 0 Å². The number of aliphatic hydroxyl groups excluding tert-OH is 2. The Morgan fingerprint density at radius 1 is 1.10 bits per heavy atom. The summed E-state index contributed by atoms with van der Waals surface area (Å²) in [6, 6.07) is 17.5. The molecule has 0 unspecified atom stereocenters. The molecule has 0 radical (unpaired) electrons. The lowest BCUT2D eigenvalue weighted by molar-refractivity contribution is -0.0440. The molecular formula is C29H28N6O6. The molecule has 3 heterocycles. The summed E-state index contributed by atoms with van der Waals surface area (Å²) in [5, 5.41) is 39.2. The van der Waals surface area contributed by atoms with Crippen molar-refractivity contribution in [2.24, 2.45) is 0 Å². The van der Waals surface area contributed by atoms with Crippen LogP contribution in [0.15, 0.2) is 73.3 Å². The van der Waals surface area contributed by atoms with Gasteiger partial charge in [-0.2, -0.15) is 0 Å². The highest BCUT2D eigenvalue weighted by Crippen LogP contribution is 2.33. The third-order valence-electron chi connectivity index (χ3n) is 7.25. The largest absolute Gasteiger partial charge is 0.504 e. The third-order valence-corrected chi connectivity index (χ3v) is 7.25. The quantitative estimate of drug-likeness (QED) is 0.192. The van der Waals surface area contributed by atoms with Gasteiger partial charge in [-0.05, 0) is 34.5 Å². The molecule has 5 aromatic rings. The molecule has 12 heteroatoms. The molecule has 4 atom stereocenters. The Labute approximate surface area is 234 Å². The molecule has 5 N–H and O–H groups in total. The molecule has 2 aromatic heterocycles. The predicted octanol–water partition coefficient (Wildman–Crippen LogP) is 2.35. The minimum Gasteiger partial charge on any atom is -0.504 e. The maximum Gasteiger partial charge on any atom is 0.251 e. The fraction of sp³-hybridized carbons (Fsp3) is 0.241. The highest BCUT2D eigenvalue weighted by molar-refractivity contribution is 5.95. The molecule has 1 aliphatic rings. The number of rotatable bonds is 8. The number of nitrogens with zero attached hydrogens (tertiary/aromatic N) is 4. The van der Waals surface area contributed by atoms with Gasteiger partial charge in [0, 0.05) is 12.1 Å². The Bertz CT molecular complexity index is 1720. The van der Waals surface area contributed by atoms with E-state index in [1.807, 2.05) is 24.3 Å². The van der Waals surface area contributed by atoms with Gasteiger partial charge in [0.1, 0.15) is 24.6 Å². The van der Waals surface area contributed by atoms with E-state index in [0.717, 1.165) is 16.3 Å². The number of aliphatic hydroxyl groups is 2. The van der Waals surface area contributed by atoms with Crippen molar-refractivity contribution >= 4 is 33.7 Å². The molecule has 12 nitrogen and oxygen atoms in total. The van der Waals surface area contributed by atoms with Crippen LogP contribution in [0.5, 0.6) is 11.5 Å². The number of fused-ring (bicyclic) bond motifs is 2. The van der Waals surface area contributed by atoms with E-state index in [1.54, 1.807) is 4.57 Å². The van der Waals surface area contributed by atoms with Gasteiger partial charge in [-0.1, -0.05) is 42.5 Å². The third kappa shape index (κ3) is 4.88. The van der Waals surface area contributed by atoms with Crippen LogP contribution in [0.2, 0.25) is 0 Å². The van der Waals surface area contributed by atoms with Crippen molar-refractivity contribution in [3.05, 3.63) is 84.4 Å². The number of imidazole rings is 1. The average Bonchev–Trinajstić information content (AvgIpc) is 3.56. The molecule has 6 rings (SSSR count). The van der Waals surface area contributed by atoms with Crippen LogP contribution in [0.25, 0.3) is 21.9 Å². The Kier molecular flexibility index (Phi) is 7.10. The maximum atomic E-state index is 13.1. The van der Waals surface area contributed by atoms with Crippen molar-refractivity contribution in [3.8, 4) is 11.5 Å². The molecule has 1 aliphatic heterocycles. The molecule has 0 bridgehead atoms. The number of aromatic nitrogens is 4. The lowest BCUT2D eigenvalue weighted by Crippen LogP contribution is -2.46. The van der Waals surface area contributed by atoms with Crippen molar-refractivity contribution in [2.45, 2.75) is 31.0 Å². The number of methoxy groups -OCH3 is 1. The number of benzene rings is 3. The van der Waals surface area contributed by atoms with Crippen LogP contribution >= 0.6 is 0 Å². The van der Waals surface area contributed by atoms with Crippen molar-refractivity contribution in [1.29, 1.82) is 0 Å². The maximum absolute atomic E-state index is 13.1. The van der Waals surface area contributed by atoms with Crippen LogP contribution < -0.4 is 15.4 Å². The van der Waals surface area contributed by atoms with Gasteiger partial charge in [0.05, 0.1) is 20.0 Å². The molecule has 210 valence electrons. The Balaban J connectivity index is 1.27. The zero-order chi connectivity index (χ0) is 28.5. The molecule has 41 heavy (non-hydrogen) atoms. The standard InChI is InChI=1S/C29H28N6O6/c1-40-21-10-9-17(11-20(21)37)28(39)34-23-25(38)22(13-36)41-29(23)35-15-33-24-26(31-14-32-27(24)35)30-12-18-7-4-6-16-5-2-3-8-19(16)18/h2-11,14-15,22-23,25,29,36-38H,12-13H2,1H3,(H,34,39)(H,30,31,32)/t22-,23-,25-,29-/m1/s1. The number of phenols is 1. The van der Waals surface area contributed by atoms with Gasteiger partial charge >= 0.3 is 0 Å². The first-order valence-corrected chi connectivity index (χ1v) is 13.0. The number of aromatic hydroxyl groups is 1. The minimum absolute atomic E-state index is 0.152. The van der Waals surface area contributed by atoms with Crippen molar-refractivity contribution in [1.82, 2.24) is 24.8 Å². The van der Waals surface area contributed by atoms with Gasteiger partial charge in [-0.3, -0.25) is 9.36 Å².